The molecule has 0 radical (unpaired) electrons. The van der Waals surface area contributed by atoms with E-state index in [2.05, 4.69) is 4.74 Å². The Morgan fingerprint density at radius 2 is 1.57 bits per heavy atom. The van der Waals surface area contributed by atoms with Crippen molar-refractivity contribution in [2.45, 2.75) is 49.6 Å². The summed E-state index contributed by atoms with van der Waals surface area (Å²) in [6.45, 7) is 2.73. The molecule has 0 heterocycles. The second-order valence-corrected chi connectivity index (χ2v) is 7.71. The summed E-state index contributed by atoms with van der Waals surface area (Å²) >= 11 is 0. The number of ether oxygens (including phenoxy) is 2. The normalized spacial score (nSPS) is 15.3. The van der Waals surface area contributed by atoms with Gasteiger partial charge in [0.25, 0.3) is 0 Å². The van der Waals surface area contributed by atoms with Crippen molar-refractivity contribution in [2.75, 3.05) is 20.0 Å². The SMILES string of the molecule is COC(=O)C(CCC(F)(F)C(F)(F)F)S(=O)(=O)CC(C)(C)OC. The first-order valence-corrected chi connectivity index (χ1v) is 8.10. The fourth-order valence-corrected chi connectivity index (χ4v) is 3.83. The Balaban J connectivity index is 5.38. The largest absolute Gasteiger partial charge is 0.468 e. The maximum absolute atomic E-state index is 13.0. The van der Waals surface area contributed by atoms with Gasteiger partial charge in [-0.15, -0.1) is 0 Å². The highest BCUT2D eigenvalue weighted by Gasteiger charge is 2.57. The Labute approximate surface area is 131 Å². The van der Waals surface area contributed by atoms with E-state index in [-0.39, 0.29) is 0 Å². The molecule has 23 heavy (non-hydrogen) atoms. The van der Waals surface area contributed by atoms with Gasteiger partial charge in [0.1, 0.15) is 0 Å². The van der Waals surface area contributed by atoms with Gasteiger partial charge in [0, 0.05) is 13.5 Å². The van der Waals surface area contributed by atoms with Crippen molar-refractivity contribution in [3.05, 3.63) is 0 Å². The highest BCUT2D eigenvalue weighted by Crippen LogP contribution is 2.39. The molecule has 0 amide bonds. The lowest BCUT2D eigenvalue weighted by molar-refractivity contribution is -0.284. The molecule has 1 atom stereocenters. The van der Waals surface area contributed by atoms with Crippen LogP contribution in [0.3, 0.4) is 0 Å². The Bertz CT molecular complexity index is 512. The number of sulfone groups is 1. The summed E-state index contributed by atoms with van der Waals surface area (Å²) < 4.78 is 95.8. The van der Waals surface area contributed by atoms with E-state index < -0.39 is 57.4 Å². The highest BCUT2D eigenvalue weighted by atomic mass is 32.2. The quantitative estimate of drug-likeness (QED) is 0.485. The maximum Gasteiger partial charge on any atom is 0.453 e. The molecule has 0 bridgehead atoms. The predicted octanol–water partition coefficient (Wildman–Crippen LogP) is 2.35. The molecule has 0 aromatic heterocycles. The molecule has 138 valence electrons. The number of hydrogen-bond donors (Lipinski definition) is 0. The van der Waals surface area contributed by atoms with Crippen LogP contribution in [0.5, 0.6) is 0 Å². The number of halogens is 5. The van der Waals surface area contributed by atoms with Crippen molar-refractivity contribution in [1.29, 1.82) is 0 Å². The molecule has 0 aliphatic carbocycles. The topological polar surface area (TPSA) is 69.7 Å². The van der Waals surface area contributed by atoms with E-state index in [1.807, 2.05) is 0 Å². The van der Waals surface area contributed by atoms with E-state index in [1.54, 1.807) is 0 Å². The van der Waals surface area contributed by atoms with Crippen LogP contribution in [0.15, 0.2) is 0 Å². The van der Waals surface area contributed by atoms with Crippen molar-refractivity contribution in [1.82, 2.24) is 0 Å². The van der Waals surface area contributed by atoms with Crippen LogP contribution >= 0.6 is 0 Å². The monoisotopic (exact) mass is 370 g/mol. The Morgan fingerprint density at radius 1 is 1.09 bits per heavy atom. The minimum Gasteiger partial charge on any atom is -0.468 e. The van der Waals surface area contributed by atoms with Crippen LogP contribution < -0.4 is 0 Å². The summed E-state index contributed by atoms with van der Waals surface area (Å²) in [6.07, 6.45) is -8.90. The molecular weight excluding hydrogens is 351 g/mol. The van der Waals surface area contributed by atoms with Crippen LogP contribution in [0, 0.1) is 0 Å². The Morgan fingerprint density at radius 3 is 1.91 bits per heavy atom. The van der Waals surface area contributed by atoms with Gasteiger partial charge in [0.15, 0.2) is 15.1 Å². The number of esters is 1. The zero-order chi connectivity index (χ0) is 18.7. The van der Waals surface area contributed by atoms with Gasteiger partial charge in [0.05, 0.1) is 18.5 Å². The average Bonchev–Trinajstić information content (AvgIpc) is 2.35. The molecule has 0 aromatic rings. The number of carbonyl (C=O) groups excluding carboxylic acids is 1. The second-order valence-electron chi connectivity index (χ2n) is 5.52. The first-order valence-electron chi connectivity index (χ1n) is 6.39. The molecule has 0 saturated heterocycles. The maximum atomic E-state index is 13.0. The van der Waals surface area contributed by atoms with Crippen LogP contribution in [-0.4, -0.2) is 57.3 Å². The van der Waals surface area contributed by atoms with Gasteiger partial charge in [-0.05, 0) is 20.3 Å². The Kier molecular flexibility index (Phi) is 6.98. The van der Waals surface area contributed by atoms with E-state index in [0.29, 0.717) is 0 Å². The van der Waals surface area contributed by atoms with E-state index >= 15 is 0 Å². The molecular formula is C12H19F5O5S. The molecule has 0 aromatic carbocycles. The van der Waals surface area contributed by atoms with Crippen LogP contribution in [0.4, 0.5) is 22.0 Å². The first-order chi connectivity index (χ1) is 10.1. The molecule has 0 fully saturated rings. The molecule has 0 saturated carbocycles. The standard InChI is InChI=1S/C12H19F5O5S/c1-10(2,22-4)7-23(19,20)8(9(18)21-3)5-6-11(13,14)12(15,16)17/h8H,5-7H2,1-4H3. The number of carbonyl (C=O) groups is 1. The molecule has 0 aliphatic rings. The van der Waals surface area contributed by atoms with Crippen molar-refractivity contribution < 1.29 is 44.6 Å². The lowest BCUT2D eigenvalue weighted by atomic mass is 10.1. The van der Waals surface area contributed by atoms with Gasteiger partial charge in [-0.2, -0.15) is 22.0 Å². The van der Waals surface area contributed by atoms with Crippen molar-refractivity contribution in [3.8, 4) is 0 Å². The summed E-state index contributed by atoms with van der Waals surface area (Å²) in [6, 6.07) is 0. The smallest absolute Gasteiger partial charge is 0.453 e. The van der Waals surface area contributed by atoms with Gasteiger partial charge in [-0.3, -0.25) is 4.79 Å². The molecule has 1 unspecified atom stereocenters. The van der Waals surface area contributed by atoms with Gasteiger partial charge in [-0.1, -0.05) is 0 Å². The average molecular weight is 370 g/mol. The number of alkyl halides is 5. The molecule has 0 spiro atoms. The minimum absolute atomic E-state index is 0.742. The summed E-state index contributed by atoms with van der Waals surface area (Å²) in [5.41, 5.74) is -1.25. The molecule has 11 heteroatoms. The molecule has 0 rings (SSSR count). The molecule has 0 N–H and O–H groups in total. The van der Waals surface area contributed by atoms with Crippen LogP contribution in [0.25, 0.3) is 0 Å². The molecule has 5 nitrogen and oxygen atoms in total. The first kappa shape index (κ1) is 22.0. The van der Waals surface area contributed by atoms with E-state index in [0.717, 1.165) is 7.11 Å². The lowest BCUT2D eigenvalue weighted by Crippen LogP contribution is -2.43. The predicted molar refractivity (Wildman–Crippen MR) is 70.9 cm³/mol. The van der Waals surface area contributed by atoms with Crippen LogP contribution in [0.1, 0.15) is 26.7 Å². The second kappa shape index (κ2) is 7.29. The summed E-state index contributed by atoms with van der Waals surface area (Å²) in [5.74, 6) is -7.24. The van der Waals surface area contributed by atoms with E-state index in [4.69, 9.17) is 4.74 Å². The summed E-state index contributed by atoms with van der Waals surface area (Å²) in [5, 5.41) is -2.13. The van der Waals surface area contributed by atoms with Gasteiger partial charge >= 0.3 is 18.1 Å². The van der Waals surface area contributed by atoms with Gasteiger partial charge < -0.3 is 9.47 Å². The summed E-state index contributed by atoms with van der Waals surface area (Å²) in [4.78, 5) is 11.5. The Hall–Kier alpha value is -0.970. The summed E-state index contributed by atoms with van der Waals surface area (Å²) in [7, 11) is -2.36. The van der Waals surface area contributed by atoms with Crippen molar-refractivity contribution in [3.63, 3.8) is 0 Å². The third-order valence-electron chi connectivity index (χ3n) is 3.13. The fourth-order valence-electron chi connectivity index (χ4n) is 1.67. The number of methoxy groups -OCH3 is 2. The third kappa shape index (κ3) is 6.21. The van der Waals surface area contributed by atoms with Crippen LogP contribution in [0.2, 0.25) is 0 Å². The highest BCUT2D eigenvalue weighted by molar-refractivity contribution is 7.92. The fraction of sp³-hybridized carbons (Fsp3) is 0.917. The van der Waals surface area contributed by atoms with E-state index in [1.165, 1.54) is 21.0 Å². The minimum atomic E-state index is -5.83. The third-order valence-corrected chi connectivity index (χ3v) is 5.53. The van der Waals surface area contributed by atoms with Crippen molar-refractivity contribution >= 4 is 15.8 Å². The number of hydrogen-bond acceptors (Lipinski definition) is 5. The van der Waals surface area contributed by atoms with Gasteiger partial charge in [-0.25, -0.2) is 8.42 Å². The van der Waals surface area contributed by atoms with E-state index in [9.17, 15) is 35.2 Å². The zero-order valence-corrected chi connectivity index (χ0v) is 13.9. The van der Waals surface area contributed by atoms with Gasteiger partial charge in [0.2, 0.25) is 0 Å². The molecule has 0 aliphatic heterocycles. The lowest BCUT2D eigenvalue weighted by Gasteiger charge is -2.26. The van der Waals surface area contributed by atoms with Crippen LogP contribution in [-0.2, 0) is 24.1 Å². The number of rotatable bonds is 8. The zero-order valence-electron chi connectivity index (χ0n) is 13.0. The van der Waals surface area contributed by atoms with Crippen molar-refractivity contribution in [2.24, 2.45) is 0 Å².